The van der Waals surface area contributed by atoms with Crippen LogP contribution in [0.4, 0.5) is 20.6 Å². The molecule has 0 aromatic heterocycles. The number of piperidine rings is 1. The van der Waals surface area contributed by atoms with Crippen LogP contribution in [-0.4, -0.2) is 30.6 Å². The van der Waals surface area contributed by atoms with Crippen LogP contribution in [0.1, 0.15) is 35.1 Å². The number of amides is 2. The zero-order valence-corrected chi connectivity index (χ0v) is 20.3. The number of hydrogen-bond donors (Lipinski definition) is 1. The molecule has 0 radical (unpaired) electrons. The molecule has 176 valence electrons. The molecule has 3 aromatic rings. The number of carbonyl (C=O) groups is 1. The average Bonchev–Trinajstić information content (AvgIpc) is 3.08. The topological polar surface area (TPSA) is 35.6 Å². The van der Waals surface area contributed by atoms with E-state index in [0.29, 0.717) is 17.3 Å². The molecule has 0 unspecified atom stereocenters. The number of urea groups is 1. The van der Waals surface area contributed by atoms with Gasteiger partial charge in [0, 0.05) is 34.9 Å². The highest BCUT2D eigenvalue weighted by Crippen LogP contribution is 2.47. The predicted octanol–water partition coefficient (Wildman–Crippen LogP) is 6.68. The minimum atomic E-state index is -0.257. The van der Waals surface area contributed by atoms with Gasteiger partial charge in [0.1, 0.15) is 5.82 Å². The Hall–Kier alpha value is -2.89. The molecule has 1 saturated heterocycles. The van der Waals surface area contributed by atoms with Gasteiger partial charge in [-0.15, -0.1) is 0 Å². The fourth-order valence-electron chi connectivity index (χ4n) is 5.56. The molecule has 0 aliphatic carbocycles. The number of nitrogens with one attached hydrogen (secondary N) is 1. The molecule has 2 heterocycles. The number of likely N-dealkylation sites (tertiary alicyclic amines) is 1. The molecule has 4 nitrogen and oxygen atoms in total. The van der Waals surface area contributed by atoms with E-state index in [1.807, 2.05) is 6.07 Å². The summed E-state index contributed by atoms with van der Waals surface area (Å²) in [7, 11) is 0. The van der Waals surface area contributed by atoms with Crippen molar-refractivity contribution in [3.05, 3.63) is 93.8 Å². The molecule has 1 N–H and O–H groups in total. The van der Waals surface area contributed by atoms with Crippen LogP contribution < -0.4 is 10.2 Å². The summed E-state index contributed by atoms with van der Waals surface area (Å²) in [6, 6.07) is 18.4. The van der Waals surface area contributed by atoms with E-state index in [1.165, 1.54) is 22.8 Å². The molecule has 1 fully saturated rings. The first kappa shape index (κ1) is 22.9. The summed E-state index contributed by atoms with van der Waals surface area (Å²) in [5, 5.41) is 3.52. The standard InChI is InChI=1S/C28H29ClFN3O/c1-19-12-20(2)14-21(13-19)17-32-10-8-28(9-11-32)18-33(26-7-6-23(30)16-25(26)28)27(34)31-24-5-3-4-22(29)15-24/h3-7,12-16H,8-11,17-18H2,1-2H3,(H,31,34). The summed E-state index contributed by atoms with van der Waals surface area (Å²) in [6.07, 6.45) is 1.77. The zero-order chi connectivity index (χ0) is 23.9. The van der Waals surface area contributed by atoms with Gasteiger partial charge in [0.2, 0.25) is 0 Å². The molecule has 0 bridgehead atoms. The molecule has 6 heteroatoms. The largest absolute Gasteiger partial charge is 0.326 e. The predicted molar refractivity (Wildman–Crippen MR) is 136 cm³/mol. The van der Waals surface area contributed by atoms with Crippen molar-refractivity contribution >= 4 is 29.0 Å². The Morgan fingerprint density at radius 3 is 2.47 bits per heavy atom. The second kappa shape index (κ2) is 9.05. The summed E-state index contributed by atoms with van der Waals surface area (Å²) < 4.78 is 14.3. The van der Waals surface area contributed by atoms with Gasteiger partial charge >= 0.3 is 6.03 Å². The molecular weight excluding hydrogens is 449 g/mol. The van der Waals surface area contributed by atoms with Gasteiger partial charge in [0.05, 0.1) is 0 Å². The van der Waals surface area contributed by atoms with Crippen LogP contribution in [0.2, 0.25) is 5.02 Å². The highest BCUT2D eigenvalue weighted by molar-refractivity contribution is 6.30. The SMILES string of the molecule is Cc1cc(C)cc(CN2CCC3(CC2)CN(C(=O)Nc2cccc(Cl)c2)c2ccc(F)cc23)c1. The van der Waals surface area contributed by atoms with Gasteiger partial charge < -0.3 is 5.32 Å². The van der Waals surface area contributed by atoms with Crippen LogP contribution >= 0.6 is 11.6 Å². The van der Waals surface area contributed by atoms with Gasteiger partial charge in [0.15, 0.2) is 0 Å². The maximum absolute atomic E-state index is 14.3. The van der Waals surface area contributed by atoms with Crippen molar-refractivity contribution in [3.8, 4) is 0 Å². The number of fused-ring (bicyclic) bond motifs is 2. The van der Waals surface area contributed by atoms with Crippen molar-refractivity contribution in [1.29, 1.82) is 0 Å². The third-order valence-electron chi connectivity index (χ3n) is 7.10. The van der Waals surface area contributed by atoms with Gasteiger partial charge in [-0.25, -0.2) is 9.18 Å². The van der Waals surface area contributed by atoms with Crippen molar-refractivity contribution in [2.45, 2.75) is 38.6 Å². The van der Waals surface area contributed by atoms with Gasteiger partial charge in [-0.05, 0) is 87.3 Å². The molecule has 5 rings (SSSR count). The normalized spacial score (nSPS) is 17.1. The Morgan fingerprint density at radius 2 is 1.76 bits per heavy atom. The summed E-state index contributed by atoms with van der Waals surface area (Å²) in [6.45, 7) is 7.55. The Morgan fingerprint density at radius 1 is 1.03 bits per heavy atom. The van der Waals surface area contributed by atoms with Crippen molar-refractivity contribution in [3.63, 3.8) is 0 Å². The first-order valence-electron chi connectivity index (χ1n) is 11.7. The maximum Gasteiger partial charge on any atom is 0.326 e. The molecule has 3 aromatic carbocycles. The summed E-state index contributed by atoms with van der Waals surface area (Å²) in [4.78, 5) is 17.5. The minimum Gasteiger partial charge on any atom is -0.307 e. The molecular formula is C28H29ClFN3O. The number of carbonyl (C=O) groups excluding carboxylic acids is 1. The molecule has 0 atom stereocenters. The first-order valence-corrected chi connectivity index (χ1v) is 12.1. The van der Waals surface area contributed by atoms with E-state index < -0.39 is 0 Å². The Labute approximate surface area is 205 Å². The number of halogens is 2. The summed E-state index contributed by atoms with van der Waals surface area (Å²) >= 11 is 6.08. The quantitative estimate of drug-likeness (QED) is 0.456. The Balaban J connectivity index is 1.34. The number of benzene rings is 3. The van der Waals surface area contributed by atoms with E-state index in [-0.39, 0.29) is 17.3 Å². The molecule has 2 amide bonds. The van der Waals surface area contributed by atoms with Crippen LogP contribution in [0, 0.1) is 19.7 Å². The van der Waals surface area contributed by atoms with Gasteiger partial charge in [0.25, 0.3) is 0 Å². The van der Waals surface area contributed by atoms with Crippen LogP contribution in [0.25, 0.3) is 0 Å². The van der Waals surface area contributed by atoms with Gasteiger partial charge in [-0.2, -0.15) is 0 Å². The lowest BCUT2D eigenvalue weighted by Crippen LogP contribution is -2.46. The van der Waals surface area contributed by atoms with Crippen molar-refractivity contribution in [2.75, 3.05) is 29.9 Å². The van der Waals surface area contributed by atoms with E-state index >= 15 is 0 Å². The number of anilines is 2. The van der Waals surface area contributed by atoms with E-state index in [4.69, 9.17) is 11.6 Å². The van der Waals surface area contributed by atoms with E-state index in [2.05, 4.69) is 42.3 Å². The molecule has 2 aliphatic rings. The van der Waals surface area contributed by atoms with Crippen LogP contribution in [0.15, 0.2) is 60.7 Å². The highest BCUT2D eigenvalue weighted by Gasteiger charge is 2.46. The lowest BCUT2D eigenvalue weighted by Gasteiger charge is -2.40. The Bertz CT molecular complexity index is 1220. The lowest BCUT2D eigenvalue weighted by molar-refractivity contribution is 0.160. The number of nitrogens with zero attached hydrogens (tertiary/aromatic N) is 2. The lowest BCUT2D eigenvalue weighted by atomic mass is 9.74. The van der Waals surface area contributed by atoms with E-state index in [9.17, 15) is 9.18 Å². The van der Waals surface area contributed by atoms with Crippen molar-refractivity contribution in [1.82, 2.24) is 4.90 Å². The third kappa shape index (κ3) is 4.55. The van der Waals surface area contributed by atoms with Gasteiger partial charge in [-0.1, -0.05) is 47.0 Å². The summed E-state index contributed by atoms with van der Waals surface area (Å²) in [5.41, 5.74) is 6.04. The molecule has 2 aliphatic heterocycles. The van der Waals surface area contributed by atoms with E-state index in [0.717, 1.165) is 43.7 Å². The number of aryl methyl sites for hydroxylation is 2. The second-order valence-corrected chi connectivity index (χ2v) is 10.2. The number of hydrogen-bond acceptors (Lipinski definition) is 2. The van der Waals surface area contributed by atoms with Crippen LogP contribution in [-0.2, 0) is 12.0 Å². The minimum absolute atomic E-state index is 0.218. The van der Waals surface area contributed by atoms with E-state index in [1.54, 1.807) is 35.2 Å². The number of rotatable bonds is 3. The fourth-order valence-corrected chi connectivity index (χ4v) is 5.76. The molecule has 1 spiro atoms. The summed E-state index contributed by atoms with van der Waals surface area (Å²) in [5.74, 6) is -0.257. The van der Waals surface area contributed by atoms with Crippen LogP contribution in [0.3, 0.4) is 0 Å². The molecule has 0 saturated carbocycles. The Kier molecular flexibility index (Phi) is 6.09. The molecule has 34 heavy (non-hydrogen) atoms. The average molecular weight is 478 g/mol. The monoisotopic (exact) mass is 477 g/mol. The van der Waals surface area contributed by atoms with Crippen LogP contribution in [0.5, 0.6) is 0 Å². The smallest absolute Gasteiger partial charge is 0.307 e. The second-order valence-electron chi connectivity index (χ2n) is 9.74. The van der Waals surface area contributed by atoms with Gasteiger partial charge in [-0.3, -0.25) is 9.80 Å². The maximum atomic E-state index is 14.3. The third-order valence-corrected chi connectivity index (χ3v) is 7.34. The fraction of sp³-hybridized carbons (Fsp3) is 0.321. The first-order chi connectivity index (χ1) is 16.3. The van der Waals surface area contributed by atoms with Crippen molar-refractivity contribution < 1.29 is 9.18 Å². The van der Waals surface area contributed by atoms with Crippen molar-refractivity contribution in [2.24, 2.45) is 0 Å². The zero-order valence-electron chi connectivity index (χ0n) is 19.6. The highest BCUT2D eigenvalue weighted by atomic mass is 35.5.